The lowest BCUT2D eigenvalue weighted by Gasteiger charge is -2.69. The number of carbonyl (C=O) groups excluding carboxylic acids is 1. The smallest absolute Gasteiger partial charge is 0.292 e. The van der Waals surface area contributed by atoms with Gasteiger partial charge in [0.25, 0.3) is 6.47 Å². The Morgan fingerprint density at radius 2 is 1.58 bits per heavy atom. The van der Waals surface area contributed by atoms with Crippen molar-refractivity contribution in [2.24, 2.45) is 16.6 Å². The zero-order valence-corrected chi connectivity index (χ0v) is 15.3. The summed E-state index contributed by atoms with van der Waals surface area (Å²) in [5.41, 5.74) is 8.01. The van der Waals surface area contributed by atoms with Crippen molar-refractivity contribution in [2.75, 3.05) is 14.2 Å². The first kappa shape index (κ1) is 18.9. The molecule has 0 amide bonds. The van der Waals surface area contributed by atoms with Crippen LogP contribution in [0.1, 0.15) is 52.4 Å². The lowest BCUT2D eigenvalue weighted by Crippen LogP contribution is -2.70. The van der Waals surface area contributed by atoms with Crippen molar-refractivity contribution >= 4 is 6.47 Å². The average Bonchev–Trinajstić information content (AvgIpc) is 2.98. The predicted octanol–water partition coefficient (Wildman–Crippen LogP) is 2.07. The summed E-state index contributed by atoms with van der Waals surface area (Å²) < 4.78 is 6.15. The lowest BCUT2D eigenvalue weighted by molar-refractivity contribution is -0.173. The first-order valence-corrected chi connectivity index (χ1v) is 8.45. The van der Waals surface area contributed by atoms with Crippen LogP contribution in [0.2, 0.25) is 0 Å². The second-order valence-electron chi connectivity index (χ2n) is 8.57. The number of nitrogens with two attached hydrogens (primary N) is 1. The van der Waals surface area contributed by atoms with Crippen molar-refractivity contribution in [2.45, 2.75) is 63.5 Å². The van der Waals surface area contributed by atoms with Crippen LogP contribution in [0.3, 0.4) is 0 Å². The monoisotopic (exact) mass is 337 g/mol. The number of aromatic nitrogens is 2. The van der Waals surface area contributed by atoms with Crippen LogP contribution in [-0.2, 0) is 15.1 Å². The van der Waals surface area contributed by atoms with E-state index >= 15 is 0 Å². The van der Waals surface area contributed by atoms with Gasteiger partial charge in [0.15, 0.2) is 0 Å². The zero-order chi connectivity index (χ0) is 18.1. The van der Waals surface area contributed by atoms with Gasteiger partial charge in [0, 0.05) is 30.6 Å². The van der Waals surface area contributed by atoms with Gasteiger partial charge in [-0.2, -0.15) is 0 Å². The molecule has 4 bridgehead atoms. The summed E-state index contributed by atoms with van der Waals surface area (Å²) >= 11 is 0. The maximum atomic E-state index is 8.95. The van der Waals surface area contributed by atoms with Crippen LogP contribution in [0.4, 0.5) is 0 Å². The lowest BCUT2D eigenvalue weighted by atomic mass is 9.40. The highest BCUT2D eigenvalue weighted by Gasteiger charge is 2.66. The van der Waals surface area contributed by atoms with Crippen molar-refractivity contribution in [3.8, 4) is 0 Å². The van der Waals surface area contributed by atoms with Crippen molar-refractivity contribution in [3.63, 3.8) is 0 Å². The quantitative estimate of drug-likeness (QED) is 0.806. The van der Waals surface area contributed by atoms with E-state index in [2.05, 4.69) is 34.3 Å². The highest BCUT2D eigenvalue weighted by Crippen LogP contribution is 2.71. The van der Waals surface area contributed by atoms with Crippen LogP contribution in [0.15, 0.2) is 18.7 Å². The molecule has 1 heterocycles. The molecule has 6 aliphatic rings. The molecule has 7 rings (SSSR count). The molecule has 1 aromatic rings. The molecular formula is C18H31N3O3. The Labute approximate surface area is 144 Å². The van der Waals surface area contributed by atoms with E-state index in [0.717, 1.165) is 7.11 Å². The number of methoxy groups -OCH3 is 1. The number of imidazole rings is 1. The van der Waals surface area contributed by atoms with Gasteiger partial charge in [-0.3, -0.25) is 4.79 Å². The molecule has 3 N–H and O–H groups in total. The first-order chi connectivity index (χ1) is 11.3. The number of hydrogen-bond donors (Lipinski definition) is 2. The number of nitrogens with zero attached hydrogens (tertiary/aromatic N) is 2. The van der Waals surface area contributed by atoms with Gasteiger partial charge in [0.05, 0.1) is 13.4 Å². The third kappa shape index (κ3) is 3.35. The third-order valence-electron chi connectivity index (χ3n) is 5.75. The minimum absolute atomic E-state index is 0.328. The van der Waals surface area contributed by atoms with E-state index in [4.69, 9.17) is 15.6 Å². The van der Waals surface area contributed by atoms with Gasteiger partial charge >= 0.3 is 0 Å². The first-order valence-electron chi connectivity index (χ1n) is 8.45. The number of hydrogen-bond acceptors (Lipinski definition) is 5. The van der Waals surface area contributed by atoms with Crippen LogP contribution in [0, 0.1) is 10.8 Å². The van der Waals surface area contributed by atoms with E-state index in [9.17, 15) is 0 Å². The fraction of sp³-hybridized carbons (Fsp3) is 0.778. The van der Waals surface area contributed by atoms with Crippen molar-refractivity contribution in [1.29, 1.82) is 0 Å². The third-order valence-corrected chi connectivity index (χ3v) is 5.75. The van der Waals surface area contributed by atoms with Crippen LogP contribution < -0.4 is 5.73 Å². The summed E-state index contributed by atoms with van der Waals surface area (Å²) in [5.74, 6) is 0. The van der Waals surface area contributed by atoms with Crippen LogP contribution in [0.5, 0.6) is 0 Å². The van der Waals surface area contributed by atoms with Crippen molar-refractivity contribution < 1.29 is 14.6 Å². The Hall–Kier alpha value is -1.40. The molecule has 0 saturated heterocycles. The Balaban J connectivity index is 0.000000139. The van der Waals surface area contributed by atoms with E-state index < -0.39 is 0 Å². The molecule has 0 unspecified atom stereocenters. The van der Waals surface area contributed by atoms with E-state index in [-0.39, 0.29) is 0 Å². The number of carbonyl (C=O) groups is 1. The molecule has 6 nitrogen and oxygen atoms in total. The number of aliphatic hydroxyl groups is 1. The van der Waals surface area contributed by atoms with Crippen LogP contribution in [-0.4, -0.2) is 40.9 Å². The van der Waals surface area contributed by atoms with Crippen LogP contribution >= 0.6 is 0 Å². The molecule has 136 valence electrons. The largest absolute Gasteiger partial charge is 0.471 e. The fourth-order valence-corrected chi connectivity index (χ4v) is 5.44. The maximum Gasteiger partial charge on any atom is 0.292 e. The predicted molar refractivity (Wildman–Crippen MR) is 92.3 cm³/mol. The molecule has 0 radical (unpaired) electrons. The van der Waals surface area contributed by atoms with Gasteiger partial charge in [-0.25, -0.2) is 4.98 Å². The molecule has 6 fully saturated rings. The number of ether oxygens (including phenoxy) is 1. The molecule has 1 aromatic heterocycles. The summed E-state index contributed by atoms with van der Waals surface area (Å²) in [5, 5.41) is 7.00. The SMILES string of the molecule is CC12CC(N)(C1)C2.CC12CC(n3ccnc3)(C1)C2.CO.COC=O. The molecule has 24 heavy (non-hydrogen) atoms. The minimum Gasteiger partial charge on any atom is -0.471 e. The summed E-state index contributed by atoms with van der Waals surface area (Å²) in [4.78, 5) is 13.0. The number of aliphatic hydroxyl groups excluding tert-OH is 1. The zero-order valence-electron chi connectivity index (χ0n) is 15.3. The van der Waals surface area contributed by atoms with E-state index in [0.29, 0.717) is 28.4 Å². The number of rotatable bonds is 2. The van der Waals surface area contributed by atoms with E-state index in [1.807, 2.05) is 12.5 Å². The molecule has 6 heteroatoms. The standard InChI is InChI=1S/C9H12N2.C6H11N.C2H4O2.CH4O/c1-8-4-9(5-8,6-8)11-3-2-10-7-11;1-5-2-6(7,3-5)4-5;1-4-2-3;1-2/h2-3,7H,4-6H2,1H3;2-4,7H2,1H3;2H,1H3;2H,1H3. The summed E-state index contributed by atoms with van der Waals surface area (Å²) in [6, 6.07) is 0. The molecule has 0 aromatic carbocycles. The van der Waals surface area contributed by atoms with E-state index in [1.54, 1.807) is 0 Å². The Morgan fingerprint density at radius 1 is 1.12 bits per heavy atom. The summed E-state index contributed by atoms with van der Waals surface area (Å²) in [6.07, 6.45) is 13.9. The van der Waals surface area contributed by atoms with Crippen molar-refractivity contribution in [3.05, 3.63) is 18.7 Å². The molecule has 0 aliphatic heterocycles. The van der Waals surface area contributed by atoms with Gasteiger partial charge in [0.1, 0.15) is 0 Å². The van der Waals surface area contributed by atoms with Gasteiger partial charge < -0.3 is 20.1 Å². The molecule has 6 saturated carbocycles. The second-order valence-corrected chi connectivity index (χ2v) is 8.57. The van der Waals surface area contributed by atoms with Gasteiger partial charge in [-0.15, -0.1) is 0 Å². The molecule has 6 aliphatic carbocycles. The van der Waals surface area contributed by atoms with Crippen molar-refractivity contribution in [1.82, 2.24) is 9.55 Å². The Kier molecular flexibility index (Phi) is 5.11. The molecule has 0 atom stereocenters. The summed E-state index contributed by atoms with van der Waals surface area (Å²) in [6.45, 7) is 5.08. The normalized spacial score (nSPS) is 41.6. The second kappa shape index (κ2) is 6.48. The topological polar surface area (TPSA) is 90.4 Å². The van der Waals surface area contributed by atoms with Gasteiger partial charge in [-0.05, 0) is 49.4 Å². The van der Waals surface area contributed by atoms with Crippen LogP contribution in [0.25, 0.3) is 0 Å². The van der Waals surface area contributed by atoms with Gasteiger partial charge in [-0.1, -0.05) is 13.8 Å². The van der Waals surface area contributed by atoms with Gasteiger partial charge in [0.2, 0.25) is 0 Å². The highest BCUT2D eigenvalue weighted by atomic mass is 16.5. The highest BCUT2D eigenvalue weighted by molar-refractivity contribution is 5.36. The maximum absolute atomic E-state index is 8.95. The average molecular weight is 337 g/mol. The Bertz CT molecular complexity index is 504. The Morgan fingerprint density at radius 3 is 1.79 bits per heavy atom. The fourth-order valence-electron chi connectivity index (χ4n) is 5.44. The minimum atomic E-state index is 0.328. The van der Waals surface area contributed by atoms with E-state index in [1.165, 1.54) is 45.6 Å². The molecular weight excluding hydrogens is 306 g/mol. The summed E-state index contributed by atoms with van der Waals surface area (Å²) in [7, 11) is 2.31. The molecule has 0 spiro atoms.